The summed E-state index contributed by atoms with van der Waals surface area (Å²) in [6, 6.07) is 16.7. The predicted molar refractivity (Wildman–Crippen MR) is 122 cm³/mol. The van der Waals surface area contributed by atoms with Crippen LogP contribution >= 0.6 is 23.2 Å². The summed E-state index contributed by atoms with van der Waals surface area (Å²) in [6.45, 7) is 2.11. The lowest BCUT2D eigenvalue weighted by molar-refractivity contribution is 0.0953. The molecule has 0 aliphatic heterocycles. The highest BCUT2D eigenvalue weighted by atomic mass is 35.5. The molecule has 0 aliphatic carbocycles. The van der Waals surface area contributed by atoms with E-state index in [0.717, 1.165) is 22.4 Å². The van der Waals surface area contributed by atoms with E-state index in [0.29, 0.717) is 27.9 Å². The third kappa shape index (κ3) is 4.71. The maximum atomic E-state index is 12.3. The molecule has 0 saturated heterocycles. The summed E-state index contributed by atoms with van der Waals surface area (Å²) >= 11 is 12.6. The molecule has 1 amide bonds. The van der Waals surface area contributed by atoms with Gasteiger partial charge in [-0.3, -0.25) is 9.48 Å². The highest BCUT2D eigenvalue weighted by molar-refractivity contribution is 6.36. The van der Waals surface area contributed by atoms with E-state index >= 15 is 0 Å². The smallest absolute Gasteiger partial charge is 0.274 e. The lowest BCUT2D eigenvalue weighted by Crippen LogP contribution is -2.17. The average molecular weight is 453 g/mol. The SMILES string of the molecule is Cc1occc1C(=O)NN=Cc1cn(Cc2c(Cl)cccc2Cl)nc1-c1ccccc1. The second kappa shape index (κ2) is 9.20. The first-order valence-corrected chi connectivity index (χ1v) is 10.2. The molecule has 4 rings (SSSR count). The molecule has 2 heterocycles. The number of amides is 1. The summed E-state index contributed by atoms with van der Waals surface area (Å²) in [5, 5.41) is 9.95. The average Bonchev–Trinajstić information content (AvgIpc) is 3.37. The largest absolute Gasteiger partial charge is 0.469 e. The van der Waals surface area contributed by atoms with Gasteiger partial charge in [-0.2, -0.15) is 10.2 Å². The van der Waals surface area contributed by atoms with Crippen molar-refractivity contribution >= 4 is 35.3 Å². The van der Waals surface area contributed by atoms with Crippen LogP contribution in [-0.2, 0) is 6.54 Å². The van der Waals surface area contributed by atoms with E-state index in [1.54, 1.807) is 42.1 Å². The number of hydrogen-bond acceptors (Lipinski definition) is 4. The Kier molecular flexibility index (Phi) is 6.21. The summed E-state index contributed by atoms with van der Waals surface area (Å²) in [7, 11) is 0. The first-order valence-electron chi connectivity index (χ1n) is 9.46. The molecule has 0 aliphatic rings. The number of rotatable bonds is 6. The van der Waals surface area contributed by atoms with Crippen molar-refractivity contribution in [2.75, 3.05) is 0 Å². The van der Waals surface area contributed by atoms with Crippen molar-refractivity contribution in [1.29, 1.82) is 0 Å². The van der Waals surface area contributed by atoms with Crippen LogP contribution in [0, 0.1) is 6.92 Å². The number of benzene rings is 2. The van der Waals surface area contributed by atoms with Gasteiger partial charge in [0.05, 0.1) is 24.6 Å². The van der Waals surface area contributed by atoms with E-state index in [1.807, 2.05) is 36.5 Å². The molecule has 2 aromatic heterocycles. The van der Waals surface area contributed by atoms with Crippen LogP contribution in [0.5, 0.6) is 0 Å². The van der Waals surface area contributed by atoms with Crippen molar-refractivity contribution in [3.8, 4) is 11.3 Å². The number of aromatic nitrogens is 2. The van der Waals surface area contributed by atoms with Gasteiger partial charge >= 0.3 is 0 Å². The highest BCUT2D eigenvalue weighted by Gasteiger charge is 2.14. The van der Waals surface area contributed by atoms with Crippen LogP contribution in [0.1, 0.15) is 27.2 Å². The van der Waals surface area contributed by atoms with Gasteiger partial charge in [0.25, 0.3) is 5.91 Å². The predicted octanol–water partition coefficient (Wildman–Crippen LogP) is 5.57. The molecule has 0 atom stereocenters. The normalized spacial score (nSPS) is 11.2. The Bertz CT molecular complexity index is 1230. The van der Waals surface area contributed by atoms with Crippen LogP contribution in [0.2, 0.25) is 10.0 Å². The molecular formula is C23H18Cl2N4O2. The molecule has 2 aromatic carbocycles. The molecule has 0 spiro atoms. The van der Waals surface area contributed by atoms with Crippen molar-refractivity contribution in [1.82, 2.24) is 15.2 Å². The fourth-order valence-electron chi connectivity index (χ4n) is 3.12. The van der Waals surface area contributed by atoms with Crippen molar-refractivity contribution in [2.45, 2.75) is 13.5 Å². The number of halogens is 2. The topological polar surface area (TPSA) is 72.4 Å². The molecule has 1 N–H and O–H groups in total. The zero-order valence-corrected chi connectivity index (χ0v) is 18.1. The van der Waals surface area contributed by atoms with Crippen LogP contribution in [0.25, 0.3) is 11.3 Å². The lowest BCUT2D eigenvalue weighted by atomic mass is 10.1. The zero-order chi connectivity index (χ0) is 21.8. The number of nitrogens with one attached hydrogen (secondary N) is 1. The van der Waals surface area contributed by atoms with E-state index in [2.05, 4.69) is 10.5 Å². The number of hydrazone groups is 1. The van der Waals surface area contributed by atoms with Crippen LogP contribution < -0.4 is 5.43 Å². The van der Waals surface area contributed by atoms with E-state index in [9.17, 15) is 4.79 Å². The van der Waals surface area contributed by atoms with E-state index < -0.39 is 0 Å². The minimum absolute atomic E-state index is 0.348. The van der Waals surface area contributed by atoms with Gasteiger partial charge in [0.15, 0.2) is 0 Å². The molecule has 6 nitrogen and oxygen atoms in total. The molecule has 0 saturated carbocycles. The summed E-state index contributed by atoms with van der Waals surface area (Å²) < 4.78 is 6.91. The minimum Gasteiger partial charge on any atom is -0.469 e. The Morgan fingerprint density at radius 3 is 2.55 bits per heavy atom. The molecule has 8 heteroatoms. The van der Waals surface area contributed by atoms with E-state index in [4.69, 9.17) is 32.7 Å². The Balaban J connectivity index is 1.63. The van der Waals surface area contributed by atoms with Crippen LogP contribution in [-0.4, -0.2) is 21.9 Å². The van der Waals surface area contributed by atoms with Gasteiger partial charge in [-0.15, -0.1) is 0 Å². The molecule has 0 radical (unpaired) electrons. The summed E-state index contributed by atoms with van der Waals surface area (Å²) in [5.41, 5.74) is 6.11. The third-order valence-corrected chi connectivity index (χ3v) is 5.40. The van der Waals surface area contributed by atoms with Crippen molar-refractivity contribution in [3.63, 3.8) is 0 Å². The molecule has 4 aromatic rings. The highest BCUT2D eigenvalue weighted by Crippen LogP contribution is 2.26. The van der Waals surface area contributed by atoms with E-state index in [1.165, 1.54) is 6.26 Å². The second-order valence-electron chi connectivity index (χ2n) is 6.79. The number of furan rings is 1. The molecule has 0 bridgehead atoms. The number of carbonyl (C=O) groups excluding carboxylic acids is 1. The van der Waals surface area contributed by atoms with Crippen LogP contribution in [0.4, 0.5) is 0 Å². The van der Waals surface area contributed by atoms with Gasteiger partial charge < -0.3 is 4.42 Å². The van der Waals surface area contributed by atoms with Gasteiger partial charge in [-0.1, -0.05) is 59.6 Å². The maximum absolute atomic E-state index is 12.3. The second-order valence-corrected chi connectivity index (χ2v) is 7.60. The number of hydrogen-bond donors (Lipinski definition) is 1. The number of nitrogens with zero attached hydrogens (tertiary/aromatic N) is 3. The Hall–Kier alpha value is -3.35. The molecule has 0 unspecified atom stereocenters. The van der Waals surface area contributed by atoms with Gasteiger partial charge in [0.2, 0.25) is 0 Å². The summed E-state index contributed by atoms with van der Waals surface area (Å²) in [4.78, 5) is 12.3. The molecular weight excluding hydrogens is 435 g/mol. The van der Waals surface area contributed by atoms with Gasteiger partial charge in [0, 0.05) is 32.9 Å². The zero-order valence-electron chi connectivity index (χ0n) is 16.5. The van der Waals surface area contributed by atoms with Gasteiger partial charge in [0.1, 0.15) is 11.5 Å². The minimum atomic E-state index is -0.348. The van der Waals surface area contributed by atoms with E-state index in [-0.39, 0.29) is 5.91 Å². The summed E-state index contributed by atoms with van der Waals surface area (Å²) in [5.74, 6) is 0.182. The first kappa shape index (κ1) is 20.9. The monoisotopic (exact) mass is 452 g/mol. The van der Waals surface area contributed by atoms with Crippen molar-refractivity contribution in [2.24, 2.45) is 5.10 Å². The van der Waals surface area contributed by atoms with Crippen LogP contribution in [0.15, 0.2) is 76.6 Å². The van der Waals surface area contributed by atoms with Crippen LogP contribution in [0.3, 0.4) is 0 Å². The Labute approximate surface area is 189 Å². The van der Waals surface area contributed by atoms with Crippen molar-refractivity contribution < 1.29 is 9.21 Å². The molecule has 156 valence electrons. The lowest BCUT2D eigenvalue weighted by Gasteiger charge is -2.06. The standard InChI is InChI=1S/C23H18Cl2N4O2/c1-15-18(10-11-31-15)23(30)27-26-12-17-13-29(14-19-20(24)8-5-9-21(19)25)28-22(17)16-6-3-2-4-7-16/h2-13H,14H2,1H3,(H,27,30). The molecule has 0 fully saturated rings. The Morgan fingerprint density at radius 1 is 1.13 bits per heavy atom. The fraction of sp³-hybridized carbons (Fsp3) is 0.0870. The van der Waals surface area contributed by atoms with Crippen molar-refractivity contribution in [3.05, 3.63) is 99.6 Å². The third-order valence-electron chi connectivity index (χ3n) is 4.69. The van der Waals surface area contributed by atoms with Gasteiger partial charge in [-0.25, -0.2) is 5.43 Å². The fourth-order valence-corrected chi connectivity index (χ4v) is 3.64. The quantitative estimate of drug-likeness (QED) is 0.307. The Morgan fingerprint density at radius 2 is 1.87 bits per heavy atom. The summed E-state index contributed by atoms with van der Waals surface area (Å²) in [6.07, 6.45) is 4.86. The number of carbonyl (C=O) groups is 1. The first-order chi connectivity index (χ1) is 15.0. The molecule has 31 heavy (non-hydrogen) atoms. The van der Waals surface area contributed by atoms with Gasteiger partial charge in [-0.05, 0) is 25.1 Å². The number of aryl methyl sites for hydroxylation is 1. The maximum Gasteiger partial charge on any atom is 0.274 e.